The normalized spacial score (nSPS) is 12.2. The van der Waals surface area contributed by atoms with E-state index >= 15 is 0 Å². The predicted molar refractivity (Wildman–Crippen MR) is 101 cm³/mol. The van der Waals surface area contributed by atoms with Gasteiger partial charge in [0.05, 0.1) is 17.9 Å². The third-order valence-electron chi connectivity index (χ3n) is 4.45. The molecule has 0 saturated heterocycles. The molecule has 0 aliphatic carbocycles. The molecule has 0 bridgehead atoms. The molecule has 27 heavy (non-hydrogen) atoms. The molecule has 4 aromatic rings. The zero-order valence-corrected chi connectivity index (χ0v) is 14.7. The Morgan fingerprint density at radius 2 is 1.96 bits per heavy atom. The lowest BCUT2D eigenvalue weighted by Crippen LogP contribution is -2.32. The Bertz CT molecular complexity index is 1120. The summed E-state index contributed by atoms with van der Waals surface area (Å²) in [5.41, 5.74) is 3.04. The Morgan fingerprint density at radius 1 is 1.19 bits per heavy atom. The lowest BCUT2D eigenvalue weighted by Gasteiger charge is -2.15. The molecule has 7 heteroatoms. The van der Waals surface area contributed by atoms with Crippen molar-refractivity contribution >= 4 is 17.0 Å². The summed E-state index contributed by atoms with van der Waals surface area (Å²) in [6.07, 6.45) is 5.32. The largest absolute Gasteiger partial charge is 0.420 e. The van der Waals surface area contributed by atoms with Gasteiger partial charge in [0.1, 0.15) is 6.54 Å². The zero-order valence-electron chi connectivity index (χ0n) is 14.7. The first-order valence-electron chi connectivity index (χ1n) is 8.58. The molecule has 0 saturated carbocycles. The van der Waals surface area contributed by atoms with Gasteiger partial charge in [-0.1, -0.05) is 24.3 Å². The van der Waals surface area contributed by atoms with Crippen LogP contribution in [-0.4, -0.2) is 20.0 Å². The van der Waals surface area contributed by atoms with Crippen molar-refractivity contribution in [3.63, 3.8) is 0 Å². The summed E-state index contributed by atoms with van der Waals surface area (Å²) < 4.78 is 8.40. The van der Waals surface area contributed by atoms with Crippen LogP contribution in [0.25, 0.3) is 16.8 Å². The number of oxazole rings is 1. The summed E-state index contributed by atoms with van der Waals surface area (Å²) in [5, 5.41) is 2.92. The van der Waals surface area contributed by atoms with E-state index in [-0.39, 0.29) is 18.5 Å². The molecule has 4 rings (SSSR count). The fourth-order valence-electron chi connectivity index (χ4n) is 3.02. The minimum Gasteiger partial charge on any atom is -0.408 e. The molecule has 0 radical (unpaired) electrons. The molecular weight excluding hydrogens is 344 g/mol. The first kappa shape index (κ1) is 16.8. The highest BCUT2D eigenvalue weighted by molar-refractivity contribution is 5.79. The van der Waals surface area contributed by atoms with Crippen molar-refractivity contribution < 1.29 is 9.21 Å². The van der Waals surface area contributed by atoms with Crippen LogP contribution in [0.15, 0.2) is 76.5 Å². The number of nitrogens with one attached hydrogen (secondary N) is 1. The maximum atomic E-state index is 12.4. The van der Waals surface area contributed by atoms with Crippen LogP contribution in [0.4, 0.5) is 0 Å². The van der Waals surface area contributed by atoms with Crippen molar-refractivity contribution in [1.29, 1.82) is 0 Å². The number of fused-ring (bicyclic) bond motifs is 1. The second kappa shape index (κ2) is 6.95. The molecule has 0 spiro atoms. The van der Waals surface area contributed by atoms with Crippen LogP contribution < -0.4 is 11.1 Å². The van der Waals surface area contributed by atoms with Crippen molar-refractivity contribution in [3.8, 4) is 5.69 Å². The Kier molecular flexibility index (Phi) is 4.33. The van der Waals surface area contributed by atoms with Crippen molar-refractivity contribution in [2.45, 2.75) is 19.5 Å². The topological polar surface area (TPSA) is 82.1 Å². The highest BCUT2D eigenvalue weighted by Crippen LogP contribution is 2.16. The summed E-state index contributed by atoms with van der Waals surface area (Å²) >= 11 is 0. The minimum absolute atomic E-state index is 0.0900. The summed E-state index contributed by atoms with van der Waals surface area (Å²) in [7, 11) is 0. The van der Waals surface area contributed by atoms with Gasteiger partial charge in [0, 0.05) is 18.1 Å². The molecule has 0 aliphatic heterocycles. The van der Waals surface area contributed by atoms with Crippen molar-refractivity contribution in [3.05, 3.63) is 83.4 Å². The Labute approximate surface area is 154 Å². The number of carbonyl (C=O) groups excluding carboxylic acids is 1. The molecule has 2 heterocycles. The second-order valence-corrected chi connectivity index (χ2v) is 6.27. The van der Waals surface area contributed by atoms with Crippen LogP contribution in [0.5, 0.6) is 0 Å². The van der Waals surface area contributed by atoms with Gasteiger partial charge < -0.3 is 14.3 Å². The molecule has 7 nitrogen and oxygen atoms in total. The summed E-state index contributed by atoms with van der Waals surface area (Å²) in [6, 6.07) is 14.7. The number of carbonyl (C=O) groups is 1. The molecule has 2 aromatic carbocycles. The monoisotopic (exact) mass is 362 g/mol. The zero-order chi connectivity index (χ0) is 18.8. The summed E-state index contributed by atoms with van der Waals surface area (Å²) in [4.78, 5) is 28.4. The van der Waals surface area contributed by atoms with Gasteiger partial charge in [-0.2, -0.15) is 0 Å². The van der Waals surface area contributed by atoms with Gasteiger partial charge in [-0.05, 0) is 36.8 Å². The predicted octanol–water partition coefficient (Wildman–Crippen LogP) is 2.66. The molecule has 1 N–H and O–H groups in total. The van der Waals surface area contributed by atoms with E-state index in [1.54, 1.807) is 36.8 Å². The van der Waals surface area contributed by atoms with Crippen LogP contribution >= 0.6 is 0 Å². The number of para-hydroxylation sites is 2. The molecule has 1 atom stereocenters. The van der Waals surface area contributed by atoms with Gasteiger partial charge in [-0.3, -0.25) is 9.36 Å². The van der Waals surface area contributed by atoms with E-state index in [0.29, 0.717) is 11.1 Å². The van der Waals surface area contributed by atoms with E-state index in [1.165, 1.54) is 4.57 Å². The minimum atomic E-state index is -0.538. The SMILES string of the molecule is C[C@@H](NC(=O)Cn1c(=O)oc2ccccc21)c1ccc(-n2ccnc2)cc1. The maximum absolute atomic E-state index is 12.4. The highest BCUT2D eigenvalue weighted by Gasteiger charge is 2.14. The van der Waals surface area contributed by atoms with Crippen LogP contribution in [0, 0.1) is 0 Å². The number of amides is 1. The number of hydrogen-bond acceptors (Lipinski definition) is 4. The molecule has 1 amide bonds. The number of rotatable bonds is 5. The standard InChI is InChI=1S/C20H18N4O3/c1-14(15-6-8-16(9-7-15)23-11-10-21-13-23)22-19(25)12-24-17-4-2-3-5-18(17)27-20(24)26/h2-11,13-14H,12H2,1H3,(H,22,25)/t14-/m1/s1. The maximum Gasteiger partial charge on any atom is 0.420 e. The van der Waals surface area contributed by atoms with E-state index in [1.807, 2.05) is 42.0 Å². The van der Waals surface area contributed by atoms with Crippen LogP contribution in [0.3, 0.4) is 0 Å². The first-order valence-corrected chi connectivity index (χ1v) is 8.58. The Balaban J connectivity index is 1.46. The van der Waals surface area contributed by atoms with Gasteiger partial charge in [-0.25, -0.2) is 9.78 Å². The van der Waals surface area contributed by atoms with Crippen molar-refractivity contribution in [1.82, 2.24) is 19.4 Å². The van der Waals surface area contributed by atoms with E-state index in [2.05, 4.69) is 10.3 Å². The summed E-state index contributed by atoms with van der Waals surface area (Å²) in [5.74, 6) is -0.793. The van der Waals surface area contributed by atoms with Gasteiger partial charge in [0.25, 0.3) is 0 Å². The molecule has 0 fully saturated rings. The van der Waals surface area contributed by atoms with Crippen molar-refractivity contribution in [2.75, 3.05) is 0 Å². The molecule has 0 unspecified atom stereocenters. The van der Waals surface area contributed by atoms with Gasteiger partial charge >= 0.3 is 5.76 Å². The first-order chi connectivity index (χ1) is 13.1. The number of imidazole rings is 1. The smallest absolute Gasteiger partial charge is 0.408 e. The van der Waals surface area contributed by atoms with Crippen LogP contribution in [-0.2, 0) is 11.3 Å². The molecule has 136 valence electrons. The highest BCUT2D eigenvalue weighted by atomic mass is 16.4. The van der Waals surface area contributed by atoms with E-state index in [9.17, 15) is 9.59 Å². The third kappa shape index (κ3) is 3.39. The van der Waals surface area contributed by atoms with Crippen molar-refractivity contribution in [2.24, 2.45) is 0 Å². The lowest BCUT2D eigenvalue weighted by molar-refractivity contribution is -0.122. The third-order valence-corrected chi connectivity index (χ3v) is 4.45. The van der Waals surface area contributed by atoms with E-state index in [4.69, 9.17) is 4.42 Å². The fraction of sp³-hybridized carbons (Fsp3) is 0.150. The quantitative estimate of drug-likeness (QED) is 0.592. The number of aromatic nitrogens is 3. The second-order valence-electron chi connectivity index (χ2n) is 6.27. The Morgan fingerprint density at radius 3 is 2.70 bits per heavy atom. The fourth-order valence-corrected chi connectivity index (χ4v) is 3.02. The molecule has 0 aliphatic rings. The summed E-state index contributed by atoms with van der Waals surface area (Å²) in [6.45, 7) is 1.81. The number of nitrogens with zero attached hydrogens (tertiary/aromatic N) is 3. The van der Waals surface area contributed by atoms with E-state index in [0.717, 1.165) is 11.3 Å². The van der Waals surface area contributed by atoms with E-state index < -0.39 is 5.76 Å². The van der Waals surface area contributed by atoms with Crippen LogP contribution in [0.2, 0.25) is 0 Å². The Hall–Kier alpha value is -3.61. The van der Waals surface area contributed by atoms with Gasteiger partial charge in [0.2, 0.25) is 5.91 Å². The van der Waals surface area contributed by atoms with Crippen LogP contribution in [0.1, 0.15) is 18.5 Å². The number of benzene rings is 2. The number of hydrogen-bond donors (Lipinski definition) is 1. The average molecular weight is 362 g/mol. The lowest BCUT2D eigenvalue weighted by atomic mass is 10.1. The molecule has 2 aromatic heterocycles. The van der Waals surface area contributed by atoms with Gasteiger partial charge in [0.15, 0.2) is 5.58 Å². The average Bonchev–Trinajstić information content (AvgIpc) is 3.31. The van der Waals surface area contributed by atoms with Gasteiger partial charge in [-0.15, -0.1) is 0 Å². The molecular formula is C20H18N4O3.